The van der Waals surface area contributed by atoms with E-state index in [0.29, 0.717) is 11.4 Å². The van der Waals surface area contributed by atoms with Gasteiger partial charge in [0.1, 0.15) is 4.83 Å². The number of nitrogens with one attached hydrogen (secondary N) is 2. The first-order valence-electron chi connectivity index (χ1n) is 10.4. The van der Waals surface area contributed by atoms with Gasteiger partial charge in [0.25, 0.3) is 5.91 Å². The van der Waals surface area contributed by atoms with Crippen LogP contribution in [0.1, 0.15) is 34.6 Å². The normalized spacial score (nSPS) is 21.1. The number of imide groups is 1. The summed E-state index contributed by atoms with van der Waals surface area (Å²) in [6.45, 7) is 2.46. The van der Waals surface area contributed by atoms with Gasteiger partial charge in [0.05, 0.1) is 22.8 Å². The molecule has 1 aliphatic heterocycles. The van der Waals surface area contributed by atoms with Crippen LogP contribution in [-0.4, -0.2) is 51.7 Å². The molecule has 8 nitrogen and oxygen atoms in total. The highest BCUT2D eigenvalue weighted by Crippen LogP contribution is 2.31. The van der Waals surface area contributed by atoms with Crippen LogP contribution in [0.25, 0.3) is 15.9 Å². The minimum Gasteiger partial charge on any atom is -0.349 e. The van der Waals surface area contributed by atoms with Crippen molar-refractivity contribution in [3.05, 3.63) is 47.0 Å². The van der Waals surface area contributed by atoms with E-state index in [1.807, 2.05) is 48.0 Å². The topological polar surface area (TPSA) is 96.3 Å². The molecule has 1 aromatic carbocycles. The molecule has 3 heterocycles. The molecule has 160 valence electrons. The van der Waals surface area contributed by atoms with Crippen molar-refractivity contribution in [2.45, 2.75) is 32.2 Å². The molecule has 2 N–H and O–H groups in total. The third-order valence-electron chi connectivity index (χ3n) is 6.02. The fraction of sp³-hybridized carbons (Fsp3) is 0.364. The van der Waals surface area contributed by atoms with Crippen LogP contribution < -0.4 is 10.6 Å². The molecular formula is C22H23N5O3S. The molecular weight excluding hydrogens is 414 g/mol. The van der Waals surface area contributed by atoms with Gasteiger partial charge in [-0.15, -0.1) is 11.3 Å². The summed E-state index contributed by atoms with van der Waals surface area (Å²) in [5, 5.41) is 11.3. The Labute approximate surface area is 183 Å². The summed E-state index contributed by atoms with van der Waals surface area (Å²) in [5.74, 6) is -0.0409. The highest BCUT2D eigenvalue weighted by Gasteiger charge is 2.34. The molecule has 2 aromatic heterocycles. The number of fused-ring (bicyclic) bond motifs is 1. The molecule has 0 bridgehead atoms. The maximum absolute atomic E-state index is 12.9. The maximum atomic E-state index is 12.9. The van der Waals surface area contributed by atoms with Crippen LogP contribution >= 0.6 is 11.3 Å². The van der Waals surface area contributed by atoms with Crippen LogP contribution in [0.2, 0.25) is 0 Å². The van der Waals surface area contributed by atoms with Crippen LogP contribution in [0.4, 0.5) is 4.79 Å². The second-order valence-electron chi connectivity index (χ2n) is 8.17. The minimum absolute atomic E-state index is 0.0511. The first-order chi connectivity index (χ1) is 15.0. The van der Waals surface area contributed by atoms with Gasteiger partial charge in [-0.2, -0.15) is 5.10 Å². The highest BCUT2D eigenvalue weighted by molar-refractivity contribution is 7.20. The van der Waals surface area contributed by atoms with Crippen molar-refractivity contribution < 1.29 is 14.4 Å². The Morgan fingerprint density at radius 1 is 1.26 bits per heavy atom. The van der Waals surface area contributed by atoms with Crippen LogP contribution in [0.3, 0.4) is 0 Å². The average Bonchev–Trinajstić information content (AvgIpc) is 3.52. The summed E-state index contributed by atoms with van der Waals surface area (Å²) in [5.41, 5.74) is 1.86. The van der Waals surface area contributed by atoms with Crippen LogP contribution in [-0.2, 0) is 4.79 Å². The lowest BCUT2D eigenvalue weighted by Crippen LogP contribution is -2.36. The lowest BCUT2D eigenvalue weighted by Gasteiger charge is -2.18. The van der Waals surface area contributed by atoms with Crippen molar-refractivity contribution in [3.63, 3.8) is 0 Å². The molecule has 4 amide bonds. The molecule has 1 saturated carbocycles. The van der Waals surface area contributed by atoms with Crippen molar-refractivity contribution in [2.75, 3.05) is 13.1 Å². The molecule has 3 aromatic rings. The van der Waals surface area contributed by atoms with Gasteiger partial charge in [-0.3, -0.25) is 14.5 Å². The second kappa shape index (κ2) is 7.81. The quantitative estimate of drug-likeness (QED) is 0.600. The molecule has 1 aliphatic carbocycles. The standard InChI is InChI=1S/C22H23N5O3S/c1-13-17-10-18(31-21(17)27(25-13)16-5-3-2-4-6-16)20(29)24-15-8-7-14(9-15)12-26-19(28)11-23-22(26)30/h2-6,10,14-15H,7-9,11-12H2,1H3,(H,23,30)(H,24,29)/t14-,15-/m0/s1. The van der Waals surface area contributed by atoms with E-state index in [-0.39, 0.29) is 36.3 Å². The van der Waals surface area contributed by atoms with Crippen molar-refractivity contribution in [2.24, 2.45) is 5.92 Å². The van der Waals surface area contributed by atoms with Gasteiger partial charge in [-0.05, 0) is 50.3 Å². The average molecular weight is 438 g/mol. The zero-order chi connectivity index (χ0) is 21.5. The first-order valence-corrected chi connectivity index (χ1v) is 11.2. The summed E-state index contributed by atoms with van der Waals surface area (Å²) in [4.78, 5) is 39.4. The van der Waals surface area contributed by atoms with Crippen molar-refractivity contribution in [1.29, 1.82) is 0 Å². The SMILES string of the molecule is Cc1nn(-c2ccccc2)c2sc(C(=O)N[C@H]3CC[C@H](CN4C(=O)CNC4=O)C3)cc12. The highest BCUT2D eigenvalue weighted by atomic mass is 32.1. The van der Waals surface area contributed by atoms with Gasteiger partial charge in [0.2, 0.25) is 5.91 Å². The Bertz CT molecular complexity index is 1150. The fourth-order valence-corrected chi connectivity index (χ4v) is 5.52. The summed E-state index contributed by atoms with van der Waals surface area (Å²) >= 11 is 1.44. The van der Waals surface area contributed by atoms with Crippen molar-refractivity contribution in [3.8, 4) is 5.69 Å². The molecule has 5 rings (SSSR count). The molecule has 9 heteroatoms. The van der Waals surface area contributed by atoms with Gasteiger partial charge < -0.3 is 10.6 Å². The molecule has 1 saturated heterocycles. The zero-order valence-corrected chi connectivity index (χ0v) is 17.9. The van der Waals surface area contributed by atoms with E-state index < -0.39 is 0 Å². The predicted molar refractivity (Wildman–Crippen MR) is 117 cm³/mol. The molecule has 2 atom stereocenters. The number of carbonyl (C=O) groups is 3. The van der Waals surface area contributed by atoms with Crippen LogP contribution in [0.5, 0.6) is 0 Å². The smallest absolute Gasteiger partial charge is 0.324 e. The number of amides is 4. The third-order valence-corrected chi connectivity index (χ3v) is 7.13. The lowest BCUT2D eigenvalue weighted by molar-refractivity contribution is -0.125. The number of nitrogens with zero attached hydrogens (tertiary/aromatic N) is 3. The van der Waals surface area contributed by atoms with E-state index in [0.717, 1.165) is 40.9 Å². The monoisotopic (exact) mass is 437 g/mol. The van der Waals surface area contributed by atoms with Crippen molar-refractivity contribution in [1.82, 2.24) is 25.3 Å². The first kappa shape index (κ1) is 19.7. The molecule has 31 heavy (non-hydrogen) atoms. The number of thiophene rings is 1. The third kappa shape index (κ3) is 3.69. The number of hydrogen-bond acceptors (Lipinski definition) is 5. The summed E-state index contributed by atoms with van der Waals surface area (Å²) in [6, 6.07) is 11.5. The van der Waals surface area contributed by atoms with E-state index >= 15 is 0 Å². The van der Waals surface area contributed by atoms with Gasteiger partial charge in [-0.1, -0.05) is 18.2 Å². The Hall–Kier alpha value is -3.20. The largest absolute Gasteiger partial charge is 0.349 e. The second-order valence-corrected chi connectivity index (χ2v) is 9.21. The number of aromatic nitrogens is 2. The Balaban J connectivity index is 1.27. The van der Waals surface area contributed by atoms with E-state index in [1.165, 1.54) is 16.2 Å². The lowest BCUT2D eigenvalue weighted by atomic mass is 10.1. The Morgan fingerprint density at radius 2 is 2.06 bits per heavy atom. The van der Waals surface area contributed by atoms with Crippen molar-refractivity contribution >= 4 is 39.4 Å². The fourth-order valence-electron chi connectivity index (χ4n) is 4.43. The number of rotatable bonds is 5. The maximum Gasteiger partial charge on any atom is 0.324 e. The molecule has 2 fully saturated rings. The molecule has 0 unspecified atom stereocenters. The van der Waals surface area contributed by atoms with Gasteiger partial charge in [-0.25, -0.2) is 9.48 Å². The number of benzene rings is 1. The van der Waals surface area contributed by atoms with Crippen LogP contribution in [0, 0.1) is 12.8 Å². The molecule has 0 spiro atoms. The van der Waals surface area contributed by atoms with E-state index in [1.54, 1.807) is 0 Å². The van der Waals surface area contributed by atoms with E-state index in [4.69, 9.17) is 0 Å². The minimum atomic E-state index is -0.314. The van der Waals surface area contributed by atoms with Crippen LogP contribution in [0.15, 0.2) is 36.4 Å². The summed E-state index contributed by atoms with van der Waals surface area (Å²) in [7, 11) is 0. The summed E-state index contributed by atoms with van der Waals surface area (Å²) < 4.78 is 1.88. The number of urea groups is 1. The Morgan fingerprint density at radius 3 is 2.81 bits per heavy atom. The number of para-hydroxylation sites is 1. The molecule has 0 radical (unpaired) electrons. The van der Waals surface area contributed by atoms with E-state index in [2.05, 4.69) is 15.7 Å². The number of aryl methyl sites for hydroxylation is 1. The Kier molecular flexibility index (Phi) is 4.97. The number of hydrogen-bond donors (Lipinski definition) is 2. The summed E-state index contributed by atoms with van der Waals surface area (Å²) in [6.07, 6.45) is 2.50. The number of carbonyl (C=O) groups excluding carboxylic acids is 3. The van der Waals surface area contributed by atoms with Gasteiger partial charge >= 0.3 is 6.03 Å². The zero-order valence-electron chi connectivity index (χ0n) is 17.1. The predicted octanol–water partition coefficient (Wildman–Crippen LogP) is 2.85. The van der Waals surface area contributed by atoms with Gasteiger partial charge in [0, 0.05) is 18.0 Å². The van der Waals surface area contributed by atoms with E-state index in [9.17, 15) is 14.4 Å². The van der Waals surface area contributed by atoms with Gasteiger partial charge in [0.15, 0.2) is 0 Å². The molecule has 2 aliphatic rings.